The Morgan fingerprint density at radius 1 is 1.07 bits per heavy atom. The number of hydrogen-bond donors (Lipinski definition) is 2. The van der Waals surface area contributed by atoms with Gasteiger partial charge in [-0.15, -0.1) is 0 Å². The first-order chi connectivity index (χ1) is 13.3. The predicted octanol–water partition coefficient (Wildman–Crippen LogP) is 0.812. The molecule has 1 heterocycles. The van der Waals surface area contributed by atoms with Gasteiger partial charge in [-0.2, -0.15) is 0 Å². The minimum absolute atomic E-state index is 0.0428. The number of likely N-dealkylation sites (N-methyl/N-ethyl adjacent to an activating group) is 1. The molecule has 8 nitrogen and oxygen atoms in total. The van der Waals surface area contributed by atoms with E-state index in [9.17, 15) is 13.2 Å². The number of nitrogens with zero attached hydrogens (tertiary/aromatic N) is 3. The fourth-order valence-corrected chi connectivity index (χ4v) is 3.33. The van der Waals surface area contributed by atoms with Gasteiger partial charge in [0, 0.05) is 38.9 Å². The van der Waals surface area contributed by atoms with Gasteiger partial charge in [-0.05, 0) is 30.2 Å². The second-order valence-electron chi connectivity index (χ2n) is 8.29. The summed E-state index contributed by atoms with van der Waals surface area (Å²) in [5, 5.41) is 0. The van der Waals surface area contributed by atoms with Gasteiger partial charge in [-0.3, -0.25) is 9.79 Å². The Morgan fingerprint density at radius 2 is 1.59 bits per heavy atom. The molecule has 1 fully saturated rings. The number of aliphatic imine (C=N–C) groups is 1. The van der Waals surface area contributed by atoms with Crippen LogP contribution in [0, 0.1) is 0 Å². The predicted molar refractivity (Wildman–Crippen MR) is 118 cm³/mol. The lowest BCUT2D eigenvalue weighted by molar-refractivity contribution is -0.132. The fraction of sp³-hybridized carbons (Fsp3) is 0.600. The van der Waals surface area contributed by atoms with Gasteiger partial charge in [-0.25, -0.2) is 8.42 Å². The Morgan fingerprint density at radius 3 is 2.00 bits per heavy atom. The maximum atomic E-state index is 11.6. The highest BCUT2D eigenvalue weighted by Crippen LogP contribution is 2.23. The van der Waals surface area contributed by atoms with E-state index < -0.39 is 9.84 Å². The molecule has 9 heteroatoms. The van der Waals surface area contributed by atoms with E-state index in [1.807, 2.05) is 17.0 Å². The number of carbonyl (C=O) groups is 1. The summed E-state index contributed by atoms with van der Waals surface area (Å²) >= 11 is 0. The summed E-state index contributed by atoms with van der Waals surface area (Å²) in [5.74, 6) is 0.175. The number of nitrogens with two attached hydrogens (primary N) is 2. The first kappa shape index (κ1) is 24.9. The van der Waals surface area contributed by atoms with Gasteiger partial charge in [0.25, 0.3) is 0 Å². The molecular formula is C20H35N5O3S. The van der Waals surface area contributed by atoms with E-state index in [-0.39, 0.29) is 17.3 Å². The van der Waals surface area contributed by atoms with Crippen molar-refractivity contribution in [1.29, 1.82) is 0 Å². The van der Waals surface area contributed by atoms with E-state index in [4.69, 9.17) is 11.5 Å². The first-order valence-electron chi connectivity index (χ1n) is 9.63. The van der Waals surface area contributed by atoms with Gasteiger partial charge >= 0.3 is 0 Å². The molecule has 0 spiro atoms. The average molecular weight is 426 g/mol. The number of rotatable bonds is 4. The topological polar surface area (TPSA) is 122 Å². The highest BCUT2D eigenvalue weighted by atomic mass is 32.2. The first-order valence-corrected chi connectivity index (χ1v) is 11.5. The van der Waals surface area contributed by atoms with Crippen LogP contribution in [0.1, 0.15) is 32.8 Å². The van der Waals surface area contributed by atoms with Crippen LogP contribution in [0.5, 0.6) is 0 Å². The summed E-state index contributed by atoms with van der Waals surface area (Å²) in [4.78, 5) is 19.9. The summed E-state index contributed by atoms with van der Waals surface area (Å²) in [6, 6.07) is 7.07. The molecular weight excluding hydrogens is 390 g/mol. The van der Waals surface area contributed by atoms with Gasteiger partial charge in [-0.1, -0.05) is 32.9 Å². The SMILES string of the molecule is CC(C)(C)c1ccc(S(C)(=O)=O)cc1.CN1CCN(C(=O)CCN=C(N)N)CC1. The summed E-state index contributed by atoms with van der Waals surface area (Å²) in [6.07, 6.45) is 1.61. The zero-order chi connectivity index (χ0) is 22.2. The number of benzene rings is 1. The fourth-order valence-electron chi connectivity index (χ4n) is 2.70. The molecule has 0 aromatic heterocycles. The Labute approximate surface area is 174 Å². The zero-order valence-corrected chi connectivity index (χ0v) is 19.0. The van der Waals surface area contributed by atoms with Crippen LogP contribution < -0.4 is 11.5 Å². The lowest BCUT2D eigenvalue weighted by Gasteiger charge is -2.32. The smallest absolute Gasteiger partial charge is 0.224 e. The van der Waals surface area contributed by atoms with E-state index in [2.05, 4.69) is 37.7 Å². The molecule has 0 bridgehead atoms. The summed E-state index contributed by atoms with van der Waals surface area (Å²) in [5.41, 5.74) is 11.6. The van der Waals surface area contributed by atoms with Crippen molar-refractivity contribution in [2.45, 2.75) is 37.5 Å². The van der Waals surface area contributed by atoms with Crippen molar-refractivity contribution in [3.63, 3.8) is 0 Å². The monoisotopic (exact) mass is 425 g/mol. The van der Waals surface area contributed by atoms with Crippen LogP contribution in [0.25, 0.3) is 0 Å². The molecule has 0 unspecified atom stereocenters. The number of guanidine groups is 1. The number of amides is 1. The van der Waals surface area contributed by atoms with Crippen molar-refractivity contribution in [1.82, 2.24) is 9.80 Å². The third-order valence-corrected chi connectivity index (χ3v) is 5.75. The van der Waals surface area contributed by atoms with Crippen molar-refractivity contribution in [2.75, 3.05) is 46.0 Å². The molecule has 1 aromatic rings. The molecule has 4 N–H and O–H groups in total. The molecule has 1 aliphatic rings. The summed E-state index contributed by atoms with van der Waals surface area (Å²) < 4.78 is 22.4. The van der Waals surface area contributed by atoms with Gasteiger partial charge in [0.05, 0.1) is 11.4 Å². The van der Waals surface area contributed by atoms with Crippen LogP contribution in [0.3, 0.4) is 0 Å². The largest absolute Gasteiger partial charge is 0.370 e. The molecule has 29 heavy (non-hydrogen) atoms. The van der Waals surface area contributed by atoms with Crippen molar-refractivity contribution in [3.8, 4) is 0 Å². The van der Waals surface area contributed by atoms with E-state index in [0.717, 1.165) is 31.7 Å². The minimum Gasteiger partial charge on any atom is -0.370 e. The number of sulfone groups is 1. The average Bonchev–Trinajstić information content (AvgIpc) is 2.61. The second-order valence-corrected chi connectivity index (χ2v) is 10.3. The van der Waals surface area contributed by atoms with Crippen molar-refractivity contribution in [2.24, 2.45) is 16.5 Å². The standard InChI is InChI=1S/C11H16O2S.C9H19N5O/c1-11(2,3)9-5-7-10(8-6-9)14(4,12)13;1-13-4-6-14(7-5-13)8(15)2-3-12-9(10)11/h5-8H,1-4H3;2-7H2,1H3,(H4,10,11,12). The van der Waals surface area contributed by atoms with E-state index >= 15 is 0 Å². The zero-order valence-electron chi connectivity index (χ0n) is 18.2. The van der Waals surface area contributed by atoms with Crippen LogP contribution in [0.2, 0.25) is 0 Å². The van der Waals surface area contributed by atoms with E-state index in [0.29, 0.717) is 17.9 Å². The molecule has 1 aliphatic heterocycles. The summed E-state index contributed by atoms with van der Waals surface area (Å²) in [7, 11) is -1.01. The molecule has 1 aromatic carbocycles. The highest BCUT2D eigenvalue weighted by Gasteiger charge is 2.18. The normalized spacial score (nSPS) is 15.3. The van der Waals surface area contributed by atoms with Crippen LogP contribution in [-0.2, 0) is 20.0 Å². The maximum absolute atomic E-state index is 11.6. The van der Waals surface area contributed by atoms with Crippen molar-refractivity contribution >= 4 is 21.7 Å². The lowest BCUT2D eigenvalue weighted by Crippen LogP contribution is -2.47. The third kappa shape index (κ3) is 9.27. The molecule has 1 amide bonds. The lowest BCUT2D eigenvalue weighted by atomic mass is 9.87. The molecule has 1 saturated heterocycles. The van der Waals surface area contributed by atoms with Gasteiger partial charge in [0.2, 0.25) is 5.91 Å². The third-order valence-electron chi connectivity index (χ3n) is 4.62. The summed E-state index contributed by atoms with van der Waals surface area (Å²) in [6.45, 7) is 10.2. The van der Waals surface area contributed by atoms with E-state index in [1.165, 1.54) is 6.26 Å². The van der Waals surface area contributed by atoms with Gasteiger partial charge in [0.15, 0.2) is 15.8 Å². The Bertz CT molecular complexity index is 786. The minimum atomic E-state index is -3.07. The highest BCUT2D eigenvalue weighted by molar-refractivity contribution is 7.90. The molecule has 0 atom stereocenters. The second kappa shape index (κ2) is 10.6. The molecule has 0 saturated carbocycles. The number of piperazine rings is 1. The van der Waals surface area contributed by atoms with Crippen LogP contribution >= 0.6 is 0 Å². The van der Waals surface area contributed by atoms with Crippen LogP contribution in [0.4, 0.5) is 0 Å². The number of hydrogen-bond acceptors (Lipinski definition) is 5. The van der Waals surface area contributed by atoms with Gasteiger partial charge < -0.3 is 21.3 Å². The Balaban J connectivity index is 0.000000291. The molecule has 164 valence electrons. The van der Waals surface area contributed by atoms with Crippen molar-refractivity contribution < 1.29 is 13.2 Å². The van der Waals surface area contributed by atoms with Crippen molar-refractivity contribution in [3.05, 3.63) is 29.8 Å². The van der Waals surface area contributed by atoms with Gasteiger partial charge in [0.1, 0.15) is 0 Å². The molecule has 0 radical (unpaired) electrons. The van der Waals surface area contributed by atoms with Crippen LogP contribution in [-0.4, -0.2) is 76.1 Å². The molecule has 0 aliphatic carbocycles. The Hall–Kier alpha value is -2.13. The van der Waals surface area contributed by atoms with Crippen LogP contribution in [0.15, 0.2) is 34.2 Å². The maximum Gasteiger partial charge on any atom is 0.224 e. The quantitative estimate of drug-likeness (QED) is 0.544. The number of carbonyl (C=O) groups excluding carboxylic acids is 1. The molecule has 2 rings (SSSR count). The Kier molecular flexibility index (Phi) is 9.10. The van der Waals surface area contributed by atoms with E-state index in [1.54, 1.807) is 12.1 Å².